The smallest absolute Gasteiger partial charge is 0.268 e. The van der Waals surface area contributed by atoms with Crippen LogP contribution < -0.4 is 10.6 Å². The molecule has 1 aliphatic rings. The van der Waals surface area contributed by atoms with Gasteiger partial charge in [0.2, 0.25) is 0 Å². The van der Waals surface area contributed by atoms with E-state index in [0.29, 0.717) is 23.1 Å². The molecule has 3 rings (SSSR count). The van der Waals surface area contributed by atoms with Crippen LogP contribution in [-0.2, 0) is 16.0 Å². The van der Waals surface area contributed by atoms with Crippen LogP contribution in [0, 0.1) is 24.1 Å². The fourth-order valence-corrected chi connectivity index (χ4v) is 3.72. The summed E-state index contributed by atoms with van der Waals surface area (Å²) in [6.45, 7) is 5.39. The minimum Gasteiger partial charge on any atom is -0.336 e. The molecule has 0 aliphatic carbocycles. The van der Waals surface area contributed by atoms with Crippen molar-refractivity contribution in [3.05, 3.63) is 76.2 Å². The number of amides is 2. The first-order valence-electron chi connectivity index (χ1n) is 9.40. The van der Waals surface area contributed by atoms with Gasteiger partial charge in [-0.05, 0) is 55.2 Å². The molecule has 1 saturated heterocycles. The first kappa shape index (κ1) is 20.3. The predicted molar refractivity (Wildman–Crippen MR) is 108 cm³/mol. The number of allylic oxidation sites excluding steroid dienone is 1. The number of benzene rings is 2. The molecule has 5 nitrogen and oxygen atoms in total. The fourth-order valence-electron chi connectivity index (χ4n) is 3.72. The largest absolute Gasteiger partial charge is 0.336 e. The molecule has 1 aliphatic heterocycles. The second kappa shape index (κ2) is 7.88. The third kappa shape index (κ3) is 3.77. The molecule has 2 aromatic rings. The van der Waals surface area contributed by atoms with Crippen LogP contribution in [0.15, 0.2) is 48.2 Å². The summed E-state index contributed by atoms with van der Waals surface area (Å²) in [6.07, 6.45) is 0.629. The van der Waals surface area contributed by atoms with Crippen LogP contribution in [-0.4, -0.2) is 17.4 Å². The number of nitriles is 1. The highest BCUT2D eigenvalue weighted by atomic mass is 19.1. The van der Waals surface area contributed by atoms with Gasteiger partial charge in [-0.15, -0.1) is 0 Å². The van der Waals surface area contributed by atoms with Crippen molar-refractivity contribution in [1.29, 1.82) is 5.26 Å². The lowest BCUT2D eigenvalue weighted by Crippen LogP contribution is -2.65. The molecule has 0 spiro atoms. The van der Waals surface area contributed by atoms with Gasteiger partial charge in [0.1, 0.15) is 17.1 Å². The summed E-state index contributed by atoms with van der Waals surface area (Å²) < 4.78 is 13.2. The zero-order valence-electron chi connectivity index (χ0n) is 16.6. The summed E-state index contributed by atoms with van der Waals surface area (Å²) in [5, 5.41) is 15.1. The lowest BCUT2D eigenvalue weighted by atomic mass is 9.84. The maximum Gasteiger partial charge on any atom is 0.268 e. The standard InChI is InChI=1S/C23H22FN3O2/c1-4-23(12-16-8-10-18(24)11-9-16)22(29)26-20(21(28)27-23)15(3)19-14(2)6-5-7-17(19)13-25/h5-11H,4,12H2,1-3H3,(H,26,29)(H,27,28). The van der Waals surface area contributed by atoms with Gasteiger partial charge in [0.15, 0.2) is 0 Å². The highest BCUT2D eigenvalue weighted by Crippen LogP contribution is 2.29. The predicted octanol–water partition coefficient (Wildman–Crippen LogP) is 3.37. The fraction of sp³-hybridized carbons (Fsp3) is 0.261. The minimum absolute atomic E-state index is 0.143. The van der Waals surface area contributed by atoms with Crippen molar-refractivity contribution in [3.8, 4) is 6.07 Å². The molecular formula is C23H22FN3O2. The van der Waals surface area contributed by atoms with E-state index in [0.717, 1.165) is 11.1 Å². The molecule has 1 fully saturated rings. The van der Waals surface area contributed by atoms with Crippen molar-refractivity contribution in [2.75, 3.05) is 0 Å². The minimum atomic E-state index is -1.12. The van der Waals surface area contributed by atoms with Crippen LogP contribution >= 0.6 is 0 Å². The molecule has 0 saturated carbocycles. The van der Waals surface area contributed by atoms with E-state index in [-0.39, 0.29) is 23.8 Å². The van der Waals surface area contributed by atoms with E-state index in [4.69, 9.17) is 0 Å². The third-order valence-corrected chi connectivity index (χ3v) is 5.42. The van der Waals surface area contributed by atoms with Gasteiger partial charge < -0.3 is 10.6 Å². The monoisotopic (exact) mass is 391 g/mol. The normalized spacial score (nSPS) is 20.5. The van der Waals surface area contributed by atoms with E-state index < -0.39 is 11.4 Å². The zero-order chi connectivity index (χ0) is 21.2. The maximum atomic E-state index is 13.2. The van der Waals surface area contributed by atoms with Crippen LogP contribution in [0.3, 0.4) is 0 Å². The van der Waals surface area contributed by atoms with Gasteiger partial charge in [-0.2, -0.15) is 5.26 Å². The first-order chi connectivity index (χ1) is 13.8. The van der Waals surface area contributed by atoms with Gasteiger partial charge >= 0.3 is 0 Å². The molecule has 2 amide bonds. The molecule has 0 bridgehead atoms. The van der Waals surface area contributed by atoms with Gasteiger partial charge in [-0.3, -0.25) is 9.59 Å². The van der Waals surface area contributed by atoms with Crippen molar-refractivity contribution in [1.82, 2.24) is 10.6 Å². The molecule has 2 aromatic carbocycles. The number of aryl methyl sites for hydroxylation is 1. The quantitative estimate of drug-likeness (QED) is 0.784. The molecule has 29 heavy (non-hydrogen) atoms. The number of nitrogens with zero attached hydrogens (tertiary/aromatic N) is 1. The van der Waals surface area contributed by atoms with Gasteiger partial charge in [-0.1, -0.05) is 31.2 Å². The summed E-state index contributed by atoms with van der Waals surface area (Å²) in [5.41, 5.74) is 2.23. The number of carbonyl (C=O) groups excluding carboxylic acids is 2. The summed E-state index contributed by atoms with van der Waals surface area (Å²) >= 11 is 0. The summed E-state index contributed by atoms with van der Waals surface area (Å²) in [4.78, 5) is 26.0. The van der Waals surface area contributed by atoms with Crippen molar-refractivity contribution < 1.29 is 14.0 Å². The summed E-state index contributed by atoms with van der Waals surface area (Å²) in [6, 6.07) is 13.3. The van der Waals surface area contributed by atoms with Crippen molar-refractivity contribution in [2.24, 2.45) is 0 Å². The van der Waals surface area contributed by atoms with Crippen LogP contribution in [0.5, 0.6) is 0 Å². The highest BCUT2D eigenvalue weighted by Gasteiger charge is 2.44. The number of halogens is 1. The number of hydrogen-bond acceptors (Lipinski definition) is 3. The van der Waals surface area contributed by atoms with Gasteiger partial charge in [0.25, 0.3) is 11.8 Å². The van der Waals surface area contributed by atoms with Crippen LogP contribution in [0.2, 0.25) is 0 Å². The van der Waals surface area contributed by atoms with Crippen molar-refractivity contribution in [2.45, 2.75) is 39.2 Å². The Bertz CT molecular complexity index is 1050. The van der Waals surface area contributed by atoms with E-state index in [9.17, 15) is 19.2 Å². The number of nitrogens with one attached hydrogen (secondary N) is 2. The Morgan fingerprint density at radius 2 is 1.86 bits per heavy atom. The van der Waals surface area contributed by atoms with E-state index in [1.54, 1.807) is 31.2 Å². The molecule has 1 unspecified atom stereocenters. The Morgan fingerprint density at radius 3 is 2.48 bits per heavy atom. The van der Waals surface area contributed by atoms with Gasteiger partial charge in [0.05, 0.1) is 11.6 Å². The zero-order valence-corrected chi connectivity index (χ0v) is 16.6. The molecule has 6 heteroatoms. The first-order valence-corrected chi connectivity index (χ1v) is 9.40. The lowest BCUT2D eigenvalue weighted by molar-refractivity contribution is -0.136. The van der Waals surface area contributed by atoms with Crippen LogP contribution in [0.4, 0.5) is 4.39 Å². The highest BCUT2D eigenvalue weighted by molar-refractivity contribution is 6.11. The van der Waals surface area contributed by atoms with E-state index in [2.05, 4.69) is 16.7 Å². The van der Waals surface area contributed by atoms with Gasteiger partial charge in [-0.25, -0.2) is 4.39 Å². The van der Waals surface area contributed by atoms with Crippen molar-refractivity contribution >= 4 is 17.4 Å². The van der Waals surface area contributed by atoms with Crippen molar-refractivity contribution in [3.63, 3.8) is 0 Å². The molecule has 1 heterocycles. The second-order valence-corrected chi connectivity index (χ2v) is 7.26. The van der Waals surface area contributed by atoms with E-state index in [1.807, 2.05) is 19.9 Å². The molecule has 2 N–H and O–H groups in total. The summed E-state index contributed by atoms with van der Waals surface area (Å²) in [5.74, 6) is -1.09. The van der Waals surface area contributed by atoms with Crippen LogP contribution in [0.25, 0.3) is 5.57 Å². The Kier molecular flexibility index (Phi) is 5.51. The Labute approximate surface area is 169 Å². The third-order valence-electron chi connectivity index (χ3n) is 5.42. The molecule has 1 atom stereocenters. The topological polar surface area (TPSA) is 82.0 Å². The molecule has 0 aromatic heterocycles. The number of carbonyl (C=O) groups is 2. The average molecular weight is 391 g/mol. The van der Waals surface area contributed by atoms with E-state index >= 15 is 0 Å². The van der Waals surface area contributed by atoms with E-state index in [1.165, 1.54) is 12.1 Å². The molecular weight excluding hydrogens is 369 g/mol. The Morgan fingerprint density at radius 1 is 1.17 bits per heavy atom. The van der Waals surface area contributed by atoms with Crippen LogP contribution in [0.1, 0.15) is 42.5 Å². The SMILES string of the molecule is CCC1(Cc2ccc(F)cc2)NC(=O)C(=C(C)c2c(C)cccc2C#N)NC1=O. The number of hydrogen-bond donors (Lipinski definition) is 2. The average Bonchev–Trinajstić information content (AvgIpc) is 2.71. The summed E-state index contributed by atoms with van der Waals surface area (Å²) in [7, 11) is 0. The number of rotatable bonds is 4. The maximum absolute atomic E-state index is 13.2. The van der Waals surface area contributed by atoms with Gasteiger partial charge in [0, 0.05) is 12.0 Å². The molecule has 0 radical (unpaired) electrons. The number of piperazine rings is 1. The Balaban J connectivity index is 1.98. The lowest BCUT2D eigenvalue weighted by Gasteiger charge is -2.37. The second-order valence-electron chi connectivity index (χ2n) is 7.26. The molecule has 148 valence electrons. The Hall–Kier alpha value is -3.46.